The lowest BCUT2D eigenvalue weighted by Gasteiger charge is -2.24. The van der Waals surface area contributed by atoms with Crippen molar-refractivity contribution in [1.82, 2.24) is 5.32 Å². The number of aliphatic imine (C=N–C) groups is 1. The molecule has 0 saturated heterocycles. The van der Waals surface area contributed by atoms with Crippen LogP contribution in [0.4, 0.5) is 22.7 Å². The molecule has 51 heavy (non-hydrogen) atoms. The molecule has 12 nitrogen and oxygen atoms in total. The van der Waals surface area contributed by atoms with Crippen molar-refractivity contribution in [3.05, 3.63) is 94.5 Å². The standard InChI is InChI=1S/C39H43N5O7/c1-24(40-2)39(47)43-30-12-25(22-50-37-17-32(41-3)28(20-45)15-35(37)48-5)11-26(13-30)23-51-38-18-33(29(21-46)16-36(38)49-6)42-19-31-14-27-9-7-8-10-34(27)44(31)4/h7-13,15-18,20-21,24,31,40,42H,3,14,19,22-23H2,1-2,4-6H3,(H,43,47). The monoisotopic (exact) mass is 693 g/mol. The van der Waals surface area contributed by atoms with Gasteiger partial charge in [0, 0.05) is 53.9 Å². The van der Waals surface area contributed by atoms with E-state index < -0.39 is 6.04 Å². The highest BCUT2D eigenvalue weighted by Crippen LogP contribution is 2.37. The summed E-state index contributed by atoms with van der Waals surface area (Å²) >= 11 is 0. The fourth-order valence-electron chi connectivity index (χ4n) is 5.92. The van der Waals surface area contributed by atoms with Gasteiger partial charge in [-0.2, -0.15) is 0 Å². The summed E-state index contributed by atoms with van der Waals surface area (Å²) in [4.78, 5) is 42.6. The van der Waals surface area contributed by atoms with Gasteiger partial charge in [-0.25, -0.2) is 0 Å². The van der Waals surface area contributed by atoms with E-state index in [0.717, 1.165) is 23.8 Å². The normalized spacial score (nSPS) is 13.8. The van der Waals surface area contributed by atoms with Gasteiger partial charge in [0.25, 0.3) is 0 Å². The summed E-state index contributed by atoms with van der Waals surface area (Å²) in [6.07, 6.45) is 2.36. The molecule has 5 rings (SSSR count). The molecule has 0 spiro atoms. The molecule has 0 radical (unpaired) electrons. The second kappa shape index (κ2) is 16.7. The van der Waals surface area contributed by atoms with Gasteiger partial charge < -0.3 is 39.8 Å². The van der Waals surface area contributed by atoms with E-state index in [1.54, 1.807) is 38.2 Å². The number of carbonyl (C=O) groups is 3. The molecule has 0 aromatic heterocycles. The zero-order chi connectivity index (χ0) is 36.5. The fraction of sp³-hybridized carbons (Fsp3) is 0.282. The van der Waals surface area contributed by atoms with E-state index in [0.29, 0.717) is 64.0 Å². The summed E-state index contributed by atoms with van der Waals surface area (Å²) in [6.45, 7) is 6.12. The van der Waals surface area contributed by atoms with Crippen LogP contribution in [0.1, 0.15) is 44.3 Å². The number of anilines is 3. The number of nitrogens with one attached hydrogen (secondary N) is 3. The van der Waals surface area contributed by atoms with Crippen molar-refractivity contribution in [2.45, 2.75) is 38.6 Å². The second-order valence-electron chi connectivity index (χ2n) is 12.1. The molecular formula is C39H43N5O7. The molecule has 1 heterocycles. The highest BCUT2D eigenvalue weighted by atomic mass is 16.5. The highest BCUT2D eigenvalue weighted by Gasteiger charge is 2.26. The van der Waals surface area contributed by atoms with Crippen LogP contribution in [0.15, 0.2) is 71.7 Å². The Morgan fingerprint density at radius 3 is 2.14 bits per heavy atom. The Bertz CT molecular complexity index is 1910. The Morgan fingerprint density at radius 1 is 0.922 bits per heavy atom. The summed E-state index contributed by atoms with van der Waals surface area (Å²) in [6, 6.07) is 20.2. The number of carbonyl (C=O) groups excluding carboxylic acids is 3. The number of hydrogen-bond acceptors (Lipinski definition) is 11. The number of benzene rings is 4. The van der Waals surface area contributed by atoms with Gasteiger partial charge in [0.2, 0.25) is 5.91 Å². The number of ether oxygens (including phenoxy) is 4. The van der Waals surface area contributed by atoms with E-state index in [-0.39, 0.29) is 25.2 Å². The van der Waals surface area contributed by atoms with E-state index in [4.69, 9.17) is 18.9 Å². The van der Waals surface area contributed by atoms with Crippen LogP contribution in [0.2, 0.25) is 0 Å². The van der Waals surface area contributed by atoms with Gasteiger partial charge >= 0.3 is 0 Å². The molecule has 4 aromatic carbocycles. The topological polar surface area (TPSA) is 140 Å². The maximum Gasteiger partial charge on any atom is 0.241 e. The number of hydrogen-bond donors (Lipinski definition) is 3. The Balaban J connectivity index is 1.37. The summed E-state index contributed by atoms with van der Waals surface area (Å²) in [5.74, 6) is 1.36. The lowest BCUT2D eigenvalue weighted by atomic mass is 10.1. The molecular weight excluding hydrogens is 650 g/mol. The van der Waals surface area contributed by atoms with Crippen LogP contribution in [0.3, 0.4) is 0 Å². The van der Waals surface area contributed by atoms with Crippen molar-refractivity contribution in [2.24, 2.45) is 4.99 Å². The molecule has 3 N–H and O–H groups in total. The number of aldehydes is 2. The lowest BCUT2D eigenvalue weighted by molar-refractivity contribution is -0.117. The molecule has 266 valence electrons. The smallest absolute Gasteiger partial charge is 0.241 e. The van der Waals surface area contributed by atoms with Gasteiger partial charge in [-0.1, -0.05) is 18.2 Å². The van der Waals surface area contributed by atoms with Crippen LogP contribution in [0, 0.1) is 0 Å². The summed E-state index contributed by atoms with van der Waals surface area (Å²) in [5, 5.41) is 9.35. The third kappa shape index (κ3) is 8.47. The third-order valence-corrected chi connectivity index (χ3v) is 8.91. The molecule has 0 bridgehead atoms. The minimum Gasteiger partial charge on any atom is -0.493 e. The van der Waals surface area contributed by atoms with E-state index in [2.05, 4.69) is 51.7 Å². The van der Waals surface area contributed by atoms with Crippen molar-refractivity contribution >= 4 is 47.9 Å². The van der Waals surface area contributed by atoms with Gasteiger partial charge in [0.1, 0.15) is 13.2 Å². The quantitative estimate of drug-likeness (QED) is 0.0913. The summed E-state index contributed by atoms with van der Waals surface area (Å²) in [7, 11) is 6.79. The first-order chi connectivity index (χ1) is 24.7. The van der Waals surface area contributed by atoms with Crippen molar-refractivity contribution < 1.29 is 33.3 Å². The zero-order valence-corrected chi connectivity index (χ0v) is 29.4. The number of nitrogens with zero attached hydrogens (tertiary/aromatic N) is 2. The third-order valence-electron chi connectivity index (χ3n) is 8.91. The molecule has 4 aromatic rings. The Labute approximate surface area is 297 Å². The molecule has 1 aliphatic rings. The van der Waals surface area contributed by atoms with E-state index in [1.807, 2.05) is 30.3 Å². The van der Waals surface area contributed by atoms with Crippen molar-refractivity contribution in [1.29, 1.82) is 0 Å². The maximum atomic E-state index is 12.8. The SMILES string of the molecule is C=Nc1cc(OCc2cc(COc3cc(NCC4Cc5ccccc5N4C)c(C=O)cc3OC)cc(NC(=O)C(C)NC)c2)c(OC)cc1C=O. The number of likely N-dealkylation sites (N-methyl/N-ethyl adjacent to an activating group) is 2. The van der Waals surface area contributed by atoms with Gasteiger partial charge in [-0.05, 0) is 80.2 Å². The van der Waals surface area contributed by atoms with Crippen LogP contribution in [0.25, 0.3) is 0 Å². The fourth-order valence-corrected chi connectivity index (χ4v) is 5.92. The molecule has 1 amide bonds. The number of methoxy groups -OCH3 is 2. The van der Waals surface area contributed by atoms with Crippen LogP contribution in [0.5, 0.6) is 23.0 Å². The molecule has 0 saturated carbocycles. The Kier molecular flexibility index (Phi) is 11.9. The predicted molar refractivity (Wildman–Crippen MR) is 199 cm³/mol. The number of rotatable bonds is 17. The van der Waals surface area contributed by atoms with Crippen LogP contribution in [-0.2, 0) is 24.4 Å². The highest BCUT2D eigenvalue weighted by molar-refractivity contribution is 5.94. The zero-order valence-electron chi connectivity index (χ0n) is 29.4. The van der Waals surface area contributed by atoms with Gasteiger partial charge in [-0.3, -0.25) is 19.4 Å². The van der Waals surface area contributed by atoms with E-state index in [9.17, 15) is 14.4 Å². The summed E-state index contributed by atoms with van der Waals surface area (Å²) < 4.78 is 23.5. The van der Waals surface area contributed by atoms with Crippen LogP contribution in [-0.4, -0.2) is 72.1 Å². The lowest BCUT2D eigenvalue weighted by Crippen LogP contribution is -2.35. The van der Waals surface area contributed by atoms with Crippen molar-refractivity contribution in [2.75, 3.05) is 50.4 Å². The molecule has 12 heteroatoms. The van der Waals surface area contributed by atoms with Gasteiger partial charge in [0.15, 0.2) is 35.6 Å². The first kappa shape index (κ1) is 36.4. The molecule has 0 fully saturated rings. The minimum atomic E-state index is -0.431. The van der Waals surface area contributed by atoms with Crippen LogP contribution < -0.4 is 39.8 Å². The molecule has 2 unspecified atom stereocenters. The number of para-hydroxylation sites is 1. The Morgan fingerprint density at radius 2 is 1.55 bits per heavy atom. The first-order valence-corrected chi connectivity index (χ1v) is 16.4. The average molecular weight is 694 g/mol. The van der Waals surface area contributed by atoms with Crippen molar-refractivity contribution in [3.63, 3.8) is 0 Å². The van der Waals surface area contributed by atoms with E-state index >= 15 is 0 Å². The first-order valence-electron chi connectivity index (χ1n) is 16.4. The van der Waals surface area contributed by atoms with Crippen molar-refractivity contribution in [3.8, 4) is 23.0 Å². The molecule has 2 atom stereocenters. The van der Waals surface area contributed by atoms with E-state index in [1.165, 1.54) is 25.5 Å². The minimum absolute atomic E-state index is 0.0938. The molecule has 1 aliphatic heterocycles. The average Bonchev–Trinajstić information content (AvgIpc) is 3.48. The summed E-state index contributed by atoms with van der Waals surface area (Å²) in [5.41, 5.74) is 6.27. The number of amides is 1. The van der Waals surface area contributed by atoms with Gasteiger partial charge in [-0.15, -0.1) is 0 Å². The number of fused-ring (bicyclic) bond motifs is 1. The molecule has 0 aliphatic carbocycles. The van der Waals surface area contributed by atoms with Gasteiger partial charge in [0.05, 0.1) is 32.0 Å². The predicted octanol–water partition coefficient (Wildman–Crippen LogP) is 5.84. The van der Waals surface area contributed by atoms with Crippen LogP contribution >= 0.6 is 0 Å². The second-order valence-corrected chi connectivity index (χ2v) is 12.1. The Hall–Kier alpha value is -5.88. The largest absolute Gasteiger partial charge is 0.493 e. The maximum absolute atomic E-state index is 12.8.